The molecular weight excluding hydrogens is 380 g/mol. The van der Waals surface area contributed by atoms with Crippen molar-refractivity contribution in [2.24, 2.45) is 0 Å². The molecule has 0 unspecified atom stereocenters. The molecule has 1 aromatic rings. The van der Waals surface area contributed by atoms with E-state index in [-0.39, 0.29) is 15.6 Å². The highest BCUT2D eigenvalue weighted by Crippen LogP contribution is 2.28. The number of ether oxygens (including phenoxy) is 1. The summed E-state index contributed by atoms with van der Waals surface area (Å²) < 4.78 is 31.4. The zero-order chi connectivity index (χ0) is 19.2. The topological polar surface area (TPSA) is 92.8 Å². The van der Waals surface area contributed by atoms with Crippen molar-refractivity contribution in [3.05, 3.63) is 35.4 Å². The van der Waals surface area contributed by atoms with E-state index in [0.717, 1.165) is 12.8 Å². The second-order valence-corrected chi connectivity index (χ2v) is 8.06. The van der Waals surface area contributed by atoms with Crippen LogP contribution in [0.25, 0.3) is 0 Å². The van der Waals surface area contributed by atoms with Gasteiger partial charge < -0.3 is 10.1 Å². The summed E-state index contributed by atoms with van der Waals surface area (Å²) in [6.45, 7) is 2.33. The fraction of sp³-hybridized carbons (Fsp3) is 0.412. The van der Waals surface area contributed by atoms with Gasteiger partial charge in [-0.2, -0.15) is 4.31 Å². The Bertz CT molecular complexity index is 801. The first-order chi connectivity index (χ1) is 12.3. The van der Waals surface area contributed by atoms with Crippen LogP contribution in [0.1, 0.15) is 26.2 Å². The van der Waals surface area contributed by atoms with Crippen LogP contribution < -0.4 is 5.32 Å². The van der Waals surface area contributed by atoms with Crippen molar-refractivity contribution in [2.75, 3.05) is 25.0 Å². The average Bonchev–Trinajstić information content (AvgIpc) is 3.15. The zero-order valence-electron chi connectivity index (χ0n) is 14.4. The van der Waals surface area contributed by atoms with Crippen molar-refractivity contribution in [1.82, 2.24) is 4.31 Å². The van der Waals surface area contributed by atoms with Gasteiger partial charge in [-0.3, -0.25) is 4.79 Å². The monoisotopic (exact) mass is 400 g/mol. The molecule has 0 spiro atoms. The molecule has 0 atom stereocenters. The summed E-state index contributed by atoms with van der Waals surface area (Å²) in [5.74, 6) is -1.24. The number of nitrogens with zero attached hydrogens (tertiary/aromatic N) is 1. The van der Waals surface area contributed by atoms with Gasteiger partial charge in [0, 0.05) is 19.2 Å². The summed E-state index contributed by atoms with van der Waals surface area (Å²) >= 11 is 6.04. The number of carbonyl (C=O) groups excluding carboxylic acids is 2. The summed E-state index contributed by atoms with van der Waals surface area (Å²) in [5.41, 5.74) is 0.150. The number of amides is 1. The molecular formula is C17H21ClN2O5S. The van der Waals surface area contributed by atoms with E-state index in [1.165, 1.54) is 28.6 Å². The molecule has 7 nitrogen and oxygen atoms in total. The third-order valence-corrected chi connectivity index (χ3v) is 5.97. The lowest BCUT2D eigenvalue weighted by molar-refractivity contribution is -0.142. The van der Waals surface area contributed by atoms with Crippen LogP contribution in [0.15, 0.2) is 35.2 Å². The minimum absolute atomic E-state index is 0.0574. The number of halogens is 1. The van der Waals surface area contributed by atoms with Gasteiger partial charge in [0.05, 0.1) is 15.6 Å². The largest absolute Gasteiger partial charge is 0.452 e. The maximum Gasteiger partial charge on any atom is 0.330 e. The van der Waals surface area contributed by atoms with Crippen LogP contribution in [-0.4, -0.2) is 44.3 Å². The standard InChI is InChI=1S/C17H21ClN2O5S/c1-2-3-6-17(22)25-12-16(21)19-15-11-13(7-8-14(15)18)26(23,24)20-9-4-5-10-20/h3,6-8,11H,2,4-5,9-10,12H2,1H3,(H,19,21)/b6-3+. The number of carbonyl (C=O) groups is 2. The predicted molar refractivity (Wildman–Crippen MR) is 98.5 cm³/mol. The molecule has 1 aromatic carbocycles. The number of hydrogen-bond acceptors (Lipinski definition) is 5. The highest BCUT2D eigenvalue weighted by atomic mass is 35.5. The van der Waals surface area contributed by atoms with Crippen molar-refractivity contribution in [1.29, 1.82) is 0 Å². The molecule has 1 fully saturated rings. The van der Waals surface area contributed by atoms with Crippen molar-refractivity contribution in [3.8, 4) is 0 Å². The Balaban J connectivity index is 2.06. The smallest absolute Gasteiger partial charge is 0.330 e. The van der Waals surface area contributed by atoms with Gasteiger partial charge in [-0.1, -0.05) is 24.6 Å². The van der Waals surface area contributed by atoms with Crippen LogP contribution >= 0.6 is 11.6 Å². The quantitative estimate of drug-likeness (QED) is 0.561. The van der Waals surface area contributed by atoms with E-state index in [2.05, 4.69) is 5.32 Å². The van der Waals surface area contributed by atoms with Crippen LogP contribution in [0.2, 0.25) is 5.02 Å². The maximum atomic E-state index is 12.6. The first-order valence-corrected chi connectivity index (χ1v) is 10.1. The van der Waals surface area contributed by atoms with Gasteiger partial charge in [0.1, 0.15) is 0 Å². The molecule has 142 valence electrons. The Morgan fingerprint density at radius 1 is 1.31 bits per heavy atom. The molecule has 0 saturated carbocycles. The fourth-order valence-electron chi connectivity index (χ4n) is 2.42. The van der Waals surface area contributed by atoms with Crippen LogP contribution in [0.3, 0.4) is 0 Å². The lowest BCUT2D eigenvalue weighted by atomic mass is 10.3. The SMILES string of the molecule is CC/C=C/C(=O)OCC(=O)Nc1cc(S(=O)(=O)N2CCCC2)ccc1Cl. The molecule has 0 aliphatic carbocycles. The molecule has 1 heterocycles. The van der Waals surface area contributed by atoms with Crippen molar-refractivity contribution >= 4 is 39.2 Å². The molecule has 0 bridgehead atoms. The molecule has 1 N–H and O–H groups in total. The number of benzene rings is 1. The second kappa shape index (κ2) is 9.16. The van der Waals surface area contributed by atoms with Gasteiger partial charge in [-0.05, 0) is 37.5 Å². The van der Waals surface area contributed by atoms with E-state index in [1.54, 1.807) is 6.08 Å². The van der Waals surface area contributed by atoms with E-state index in [1.807, 2.05) is 6.92 Å². The van der Waals surface area contributed by atoms with Gasteiger partial charge in [0.25, 0.3) is 5.91 Å². The highest BCUT2D eigenvalue weighted by molar-refractivity contribution is 7.89. The average molecular weight is 401 g/mol. The molecule has 0 aromatic heterocycles. The first kappa shape index (κ1) is 20.4. The Kier molecular flexibility index (Phi) is 7.19. The summed E-state index contributed by atoms with van der Waals surface area (Å²) in [6, 6.07) is 4.13. The van der Waals surface area contributed by atoms with Gasteiger partial charge in [0.15, 0.2) is 6.61 Å². The van der Waals surface area contributed by atoms with E-state index >= 15 is 0 Å². The normalized spacial score (nSPS) is 15.3. The Labute approximate surface area is 158 Å². The van der Waals surface area contributed by atoms with E-state index in [0.29, 0.717) is 19.5 Å². The predicted octanol–water partition coefficient (Wildman–Crippen LogP) is 2.57. The second-order valence-electron chi connectivity index (χ2n) is 5.72. The number of anilines is 1. The van der Waals surface area contributed by atoms with Gasteiger partial charge in [-0.15, -0.1) is 0 Å². The van der Waals surface area contributed by atoms with Crippen molar-refractivity contribution in [2.45, 2.75) is 31.1 Å². The first-order valence-electron chi connectivity index (χ1n) is 8.27. The summed E-state index contributed by atoms with van der Waals surface area (Å²) in [6.07, 6.45) is 5.19. The summed E-state index contributed by atoms with van der Waals surface area (Å²) in [5, 5.41) is 2.66. The van der Waals surface area contributed by atoms with Crippen molar-refractivity contribution in [3.63, 3.8) is 0 Å². The summed E-state index contributed by atoms with van der Waals surface area (Å²) in [7, 11) is -3.62. The van der Waals surface area contributed by atoms with Crippen molar-refractivity contribution < 1.29 is 22.7 Å². The zero-order valence-corrected chi connectivity index (χ0v) is 16.0. The molecule has 1 aliphatic heterocycles. The van der Waals surface area contributed by atoms with E-state index < -0.39 is 28.5 Å². The van der Waals surface area contributed by atoms with Crippen LogP contribution in [-0.2, 0) is 24.3 Å². The van der Waals surface area contributed by atoms with Gasteiger partial charge >= 0.3 is 5.97 Å². The van der Waals surface area contributed by atoms with Crippen LogP contribution in [0, 0.1) is 0 Å². The number of nitrogens with one attached hydrogen (secondary N) is 1. The maximum absolute atomic E-state index is 12.6. The number of esters is 1. The third kappa shape index (κ3) is 5.30. The Hall–Kier alpha value is -1.90. The van der Waals surface area contributed by atoms with E-state index in [9.17, 15) is 18.0 Å². The number of sulfonamides is 1. The molecule has 2 rings (SSSR count). The molecule has 26 heavy (non-hydrogen) atoms. The Morgan fingerprint density at radius 3 is 2.65 bits per heavy atom. The Morgan fingerprint density at radius 2 is 2.00 bits per heavy atom. The molecule has 1 amide bonds. The molecule has 1 saturated heterocycles. The molecule has 1 aliphatic rings. The number of hydrogen-bond donors (Lipinski definition) is 1. The minimum atomic E-state index is -3.62. The summed E-state index contributed by atoms with van der Waals surface area (Å²) in [4.78, 5) is 23.3. The fourth-order valence-corrected chi connectivity index (χ4v) is 4.13. The highest BCUT2D eigenvalue weighted by Gasteiger charge is 2.27. The van der Waals surface area contributed by atoms with Gasteiger partial charge in [-0.25, -0.2) is 13.2 Å². The number of rotatable bonds is 7. The van der Waals surface area contributed by atoms with Crippen LogP contribution in [0.4, 0.5) is 5.69 Å². The van der Waals surface area contributed by atoms with Crippen LogP contribution in [0.5, 0.6) is 0 Å². The minimum Gasteiger partial charge on any atom is -0.452 e. The number of allylic oxidation sites excluding steroid dienone is 1. The molecule has 9 heteroatoms. The lowest BCUT2D eigenvalue weighted by Crippen LogP contribution is -2.28. The van der Waals surface area contributed by atoms with Gasteiger partial charge in [0.2, 0.25) is 10.0 Å². The lowest BCUT2D eigenvalue weighted by Gasteiger charge is -2.16. The van der Waals surface area contributed by atoms with E-state index in [4.69, 9.17) is 16.3 Å². The third-order valence-electron chi connectivity index (χ3n) is 3.75. The molecule has 0 radical (unpaired) electrons.